The molecular formula is C13H21NO5S. The standard InChI is InChI=1S/C13H21NO5S/c1-10(2)13(17)19-8-7-18-12(16)5-4-11(15)14-6-3-9-20/h20H,1,3-9H2,2H3,(H,14,15). The topological polar surface area (TPSA) is 81.7 Å². The van der Waals surface area contributed by atoms with E-state index in [1.54, 1.807) is 0 Å². The number of hydrogen-bond donors (Lipinski definition) is 2. The summed E-state index contributed by atoms with van der Waals surface area (Å²) in [4.78, 5) is 33.6. The van der Waals surface area contributed by atoms with Crippen LogP contribution in [0.15, 0.2) is 12.2 Å². The molecule has 0 saturated carbocycles. The van der Waals surface area contributed by atoms with E-state index >= 15 is 0 Å². The number of carbonyl (C=O) groups is 3. The molecule has 0 heterocycles. The molecule has 0 rings (SSSR count). The van der Waals surface area contributed by atoms with E-state index in [1.807, 2.05) is 0 Å². The van der Waals surface area contributed by atoms with Gasteiger partial charge < -0.3 is 14.8 Å². The van der Waals surface area contributed by atoms with Crippen LogP contribution in [0.4, 0.5) is 0 Å². The van der Waals surface area contributed by atoms with Crippen LogP contribution in [-0.2, 0) is 23.9 Å². The minimum atomic E-state index is -0.524. The van der Waals surface area contributed by atoms with E-state index in [0.29, 0.717) is 12.3 Å². The van der Waals surface area contributed by atoms with E-state index < -0.39 is 11.9 Å². The fraction of sp³-hybridized carbons (Fsp3) is 0.615. The molecule has 0 aliphatic rings. The molecule has 114 valence electrons. The van der Waals surface area contributed by atoms with Crippen molar-refractivity contribution in [2.75, 3.05) is 25.5 Å². The Balaban J connectivity index is 3.56. The van der Waals surface area contributed by atoms with E-state index in [-0.39, 0.29) is 37.5 Å². The lowest BCUT2D eigenvalue weighted by molar-refractivity contribution is -0.150. The molecule has 0 saturated heterocycles. The zero-order chi connectivity index (χ0) is 15.4. The fourth-order valence-corrected chi connectivity index (χ4v) is 1.25. The molecule has 0 aromatic heterocycles. The predicted octanol–water partition coefficient (Wildman–Crippen LogP) is 0.865. The van der Waals surface area contributed by atoms with Crippen LogP contribution in [0.2, 0.25) is 0 Å². The highest BCUT2D eigenvalue weighted by molar-refractivity contribution is 7.80. The molecule has 0 aromatic rings. The summed E-state index contributed by atoms with van der Waals surface area (Å²) in [5.41, 5.74) is 0.286. The summed E-state index contributed by atoms with van der Waals surface area (Å²) >= 11 is 4.02. The molecule has 1 N–H and O–H groups in total. The van der Waals surface area contributed by atoms with E-state index in [9.17, 15) is 14.4 Å². The van der Waals surface area contributed by atoms with Gasteiger partial charge in [-0.25, -0.2) is 4.79 Å². The minimum Gasteiger partial charge on any atom is -0.462 e. The van der Waals surface area contributed by atoms with E-state index in [1.165, 1.54) is 6.92 Å². The number of ether oxygens (including phenoxy) is 2. The predicted molar refractivity (Wildman–Crippen MR) is 77.4 cm³/mol. The van der Waals surface area contributed by atoms with Gasteiger partial charge in [0.25, 0.3) is 0 Å². The van der Waals surface area contributed by atoms with Gasteiger partial charge in [-0.2, -0.15) is 12.6 Å². The molecule has 0 aliphatic heterocycles. The number of hydrogen-bond acceptors (Lipinski definition) is 6. The van der Waals surface area contributed by atoms with E-state index in [2.05, 4.69) is 24.5 Å². The van der Waals surface area contributed by atoms with E-state index in [4.69, 9.17) is 9.47 Å². The zero-order valence-corrected chi connectivity index (χ0v) is 12.5. The highest BCUT2D eigenvalue weighted by Gasteiger charge is 2.08. The van der Waals surface area contributed by atoms with Gasteiger partial charge in [0.05, 0.1) is 6.42 Å². The highest BCUT2D eigenvalue weighted by Crippen LogP contribution is 1.95. The second kappa shape index (κ2) is 11.3. The van der Waals surface area contributed by atoms with Crippen molar-refractivity contribution in [2.24, 2.45) is 0 Å². The lowest BCUT2D eigenvalue weighted by atomic mass is 10.3. The van der Waals surface area contributed by atoms with Gasteiger partial charge in [0, 0.05) is 18.5 Å². The quantitative estimate of drug-likeness (QED) is 0.271. The molecule has 0 aromatic carbocycles. The maximum atomic E-state index is 11.3. The van der Waals surface area contributed by atoms with Gasteiger partial charge in [0.2, 0.25) is 5.91 Å². The normalized spacial score (nSPS) is 9.70. The summed E-state index contributed by atoms with van der Waals surface area (Å²) in [5, 5.41) is 2.66. The summed E-state index contributed by atoms with van der Waals surface area (Å²) in [6, 6.07) is 0. The van der Waals surface area contributed by atoms with Crippen LogP contribution in [0.3, 0.4) is 0 Å². The summed E-state index contributed by atoms with van der Waals surface area (Å²) in [6.07, 6.45) is 0.867. The Morgan fingerprint density at radius 1 is 1.15 bits per heavy atom. The molecule has 1 amide bonds. The Hall–Kier alpha value is -1.50. The van der Waals surface area contributed by atoms with Crippen molar-refractivity contribution in [3.63, 3.8) is 0 Å². The zero-order valence-electron chi connectivity index (χ0n) is 11.6. The Bertz CT molecular complexity index is 357. The number of esters is 2. The first-order chi connectivity index (χ1) is 9.47. The number of thiol groups is 1. The van der Waals surface area contributed by atoms with Crippen molar-refractivity contribution < 1.29 is 23.9 Å². The van der Waals surface area contributed by atoms with Crippen molar-refractivity contribution >= 4 is 30.5 Å². The third kappa shape index (κ3) is 10.4. The third-order valence-corrected chi connectivity index (χ3v) is 2.46. The molecule has 20 heavy (non-hydrogen) atoms. The molecule has 0 aliphatic carbocycles. The Labute approximate surface area is 124 Å². The highest BCUT2D eigenvalue weighted by atomic mass is 32.1. The van der Waals surface area contributed by atoms with Crippen molar-refractivity contribution in [1.29, 1.82) is 0 Å². The van der Waals surface area contributed by atoms with Gasteiger partial charge in [0.15, 0.2) is 0 Å². The maximum Gasteiger partial charge on any atom is 0.333 e. The van der Waals surface area contributed by atoms with Gasteiger partial charge in [-0.1, -0.05) is 6.58 Å². The lowest BCUT2D eigenvalue weighted by Crippen LogP contribution is -2.25. The van der Waals surface area contributed by atoms with Gasteiger partial charge in [-0.05, 0) is 19.1 Å². The molecule has 0 unspecified atom stereocenters. The Kier molecular flexibility index (Phi) is 10.5. The van der Waals surface area contributed by atoms with Crippen molar-refractivity contribution in [3.05, 3.63) is 12.2 Å². The Morgan fingerprint density at radius 2 is 1.80 bits per heavy atom. The van der Waals surface area contributed by atoms with Crippen molar-refractivity contribution in [2.45, 2.75) is 26.2 Å². The summed E-state index contributed by atoms with van der Waals surface area (Å²) < 4.78 is 9.55. The number of carbonyl (C=O) groups excluding carboxylic acids is 3. The smallest absolute Gasteiger partial charge is 0.333 e. The SMILES string of the molecule is C=C(C)C(=O)OCCOC(=O)CCC(=O)NCCCS. The lowest BCUT2D eigenvalue weighted by Gasteiger charge is -2.06. The van der Waals surface area contributed by atoms with Crippen LogP contribution in [-0.4, -0.2) is 43.4 Å². The second-order valence-corrected chi connectivity index (χ2v) is 4.51. The molecule has 0 fully saturated rings. The molecule has 7 heteroatoms. The van der Waals surface area contributed by atoms with Gasteiger partial charge in [0.1, 0.15) is 13.2 Å². The number of nitrogens with one attached hydrogen (secondary N) is 1. The number of rotatable bonds is 10. The van der Waals surface area contributed by atoms with Crippen molar-refractivity contribution in [3.8, 4) is 0 Å². The summed E-state index contributed by atoms with van der Waals surface area (Å²) in [5.74, 6) is -0.520. The molecule has 0 spiro atoms. The van der Waals surface area contributed by atoms with Crippen LogP contribution < -0.4 is 5.32 Å². The van der Waals surface area contributed by atoms with Crippen LogP contribution in [0.25, 0.3) is 0 Å². The van der Waals surface area contributed by atoms with Crippen LogP contribution >= 0.6 is 12.6 Å². The van der Waals surface area contributed by atoms with Crippen molar-refractivity contribution in [1.82, 2.24) is 5.32 Å². The Morgan fingerprint density at radius 3 is 2.40 bits per heavy atom. The first-order valence-electron chi connectivity index (χ1n) is 6.33. The molecule has 6 nitrogen and oxygen atoms in total. The molecule has 0 atom stereocenters. The molecule has 0 bridgehead atoms. The third-order valence-electron chi connectivity index (χ3n) is 2.14. The molecule has 0 radical (unpaired) electrons. The van der Waals surface area contributed by atoms with Gasteiger partial charge in [-0.3, -0.25) is 9.59 Å². The average Bonchev–Trinajstić information content (AvgIpc) is 2.41. The first-order valence-corrected chi connectivity index (χ1v) is 6.96. The average molecular weight is 303 g/mol. The summed E-state index contributed by atoms with van der Waals surface area (Å²) in [6.45, 7) is 5.44. The van der Waals surface area contributed by atoms with Gasteiger partial charge >= 0.3 is 11.9 Å². The number of amides is 1. The monoisotopic (exact) mass is 303 g/mol. The first kappa shape index (κ1) is 18.5. The maximum absolute atomic E-state index is 11.3. The van der Waals surface area contributed by atoms with Crippen LogP contribution in [0.5, 0.6) is 0 Å². The van der Waals surface area contributed by atoms with Crippen LogP contribution in [0, 0.1) is 0 Å². The van der Waals surface area contributed by atoms with Gasteiger partial charge in [-0.15, -0.1) is 0 Å². The van der Waals surface area contributed by atoms with Crippen LogP contribution in [0.1, 0.15) is 26.2 Å². The minimum absolute atomic E-state index is 0.00113. The largest absolute Gasteiger partial charge is 0.462 e. The molecular weight excluding hydrogens is 282 g/mol. The second-order valence-electron chi connectivity index (χ2n) is 4.06. The summed E-state index contributed by atoms with van der Waals surface area (Å²) in [7, 11) is 0. The van der Waals surface area contributed by atoms with E-state index in [0.717, 1.165) is 6.42 Å². The fourth-order valence-electron chi connectivity index (χ4n) is 1.10.